The Kier molecular flexibility index (Phi) is 4.22. The Morgan fingerprint density at radius 2 is 1.76 bits per heavy atom. The predicted molar refractivity (Wildman–Crippen MR) is 69.0 cm³/mol. The molecular formula is C14H15F2NO4. The Bertz CT molecular complexity index is 585. The van der Waals surface area contributed by atoms with Gasteiger partial charge in [-0.1, -0.05) is 0 Å². The van der Waals surface area contributed by atoms with Crippen molar-refractivity contribution >= 4 is 11.9 Å². The van der Waals surface area contributed by atoms with Gasteiger partial charge in [0.15, 0.2) is 11.6 Å². The standard InChI is InChI=1S/C14H15F2NO4/c1-17(6-7-2-8(18)3-7)13(19)9-4-11(15)12(16)5-10(9)14(20)21/h4-5,7-8,18H,2-3,6H2,1H3,(H,20,21). The summed E-state index contributed by atoms with van der Waals surface area (Å²) in [5.74, 6) is -4.63. The van der Waals surface area contributed by atoms with Crippen LogP contribution in [-0.4, -0.2) is 46.7 Å². The number of aromatic carboxylic acids is 1. The van der Waals surface area contributed by atoms with Crippen LogP contribution in [-0.2, 0) is 0 Å². The van der Waals surface area contributed by atoms with E-state index >= 15 is 0 Å². The van der Waals surface area contributed by atoms with E-state index in [-0.39, 0.29) is 17.6 Å². The smallest absolute Gasteiger partial charge is 0.336 e. The number of aliphatic hydroxyl groups is 1. The molecule has 0 radical (unpaired) electrons. The molecule has 5 nitrogen and oxygen atoms in total. The first-order chi connectivity index (χ1) is 9.79. The van der Waals surface area contributed by atoms with Gasteiger partial charge in [0.25, 0.3) is 5.91 Å². The van der Waals surface area contributed by atoms with E-state index in [1.807, 2.05) is 0 Å². The second-order valence-corrected chi connectivity index (χ2v) is 5.29. The second-order valence-electron chi connectivity index (χ2n) is 5.29. The number of amides is 1. The molecule has 114 valence electrons. The van der Waals surface area contributed by atoms with Crippen molar-refractivity contribution in [2.24, 2.45) is 5.92 Å². The molecule has 0 heterocycles. The SMILES string of the molecule is CN(CC1CC(O)C1)C(=O)c1cc(F)c(F)cc1C(=O)O. The Labute approximate surface area is 119 Å². The average molecular weight is 299 g/mol. The summed E-state index contributed by atoms with van der Waals surface area (Å²) >= 11 is 0. The van der Waals surface area contributed by atoms with Crippen molar-refractivity contribution in [2.75, 3.05) is 13.6 Å². The number of halogens is 2. The van der Waals surface area contributed by atoms with Crippen LogP contribution < -0.4 is 0 Å². The lowest BCUT2D eigenvalue weighted by Gasteiger charge is -2.34. The summed E-state index contributed by atoms with van der Waals surface area (Å²) in [7, 11) is 1.46. The molecule has 0 atom stereocenters. The number of rotatable bonds is 4. The third-order valence-corrected chi connectivity index (χ3v) is 3.61. The van der Waals surface area contributed by atoms with Crippen molar-refractivity contribution in [3.05, 3.63) is 34.9 Å². The van der Waals surface area contributed by atoms with Crippen molar-refractivity contribution in [3.63, 3.8) is 0 Å². The van der Waals surface area contributed by atoms with Gasteiger partial charge in [0.05, 0.1) is 17.2 Å². The van der Waals surface area contributed by atoms with E-state index in [0.717, 1.165) is 0 Å². The molecule has 0 aliphatic heterocycles. The number of carboxylic acid groups (broad SMARTS) is 1. The third kappa shape index (κ3) is 3.18. The van der Waals surface area contributed by atoms with Crippen molar-refractivity contribution in [1.29, 1.82) is 0 Å². The molecule has 0 unspecified atom stereocenters. The fraction of sp³-hybridized carbons (Fsp3) is 0.429. The van der Waals surface area contributed by atoms with Gasteiger partial charge < -0.3 is 15.1 Å². The highest BCUT2D eigenvalue weighted by Crippen LogP contribution is 2.28. The molecule has 1 aliphatic rings. The molecular weight excluding hydrogens is 284 g/mol. The summed E-state index contributed by atoms with van der Waals surface area (Å²) in [6, 6.07) is 1.11. The Morgan fingerprint density at radius 1 is 1.24 bits per heavy atom. The fourth-order valence-electron chi connectivity index (χ4n) is 2.43. The van der Waals surface area contributed by atoms with Gasteiger partial charge in [0.1, 0.15) is 0 Å². The topological polar surface area (TPSA) is 77.8 Å². The summed E-state index contributed by atoms with van der Waals surface area (Å²) in [4.78, 5) is 24.5. The van der Waals surface area contributed by atoms with Gasteiger partial charge in [-0.2, -0.15) is 0 Å². The maximum Gasteiger partial charge on any atom is 0.336 e. The minimum absolute atomic E-state index is 0.132. The normalized spacial score (nSPS) is 20.8. The van der Waals surface area contributed by atoms with Gasteiger partial charge in [-0.25, -0.2) is 13.6 Å². The average Bonchev–Trinajstić information content (AvgIpc) is 2.38. The monoisotopic (exact) mass is 299 g/mol. The van der Waals surface area contributed by atoms with E-state index in [1.165, 1.54) is 11.9 Å². The van der Waals surface area contributed by atoms with Gasteiger partial charge in [0, 0.05) is 13.6 Å². The summed E-state index contributed by atoms with van der Waals surface area (Å²) in [6.45, 7) is 0.327. The van der Waals surface area contributed by atoms with Crippen LogP contribution in [0.2, 0.25) is 0 Å². The maximum absolute atomic E-state index is 13.3. The zero-order chi connectivity index (χ0) is 15.7. The summed E-state index contributed by atoms with van der Waals surface area (Å²) in [5.41, 5.74) is -0.955. The fourth-order valence-corrected chi connectivity index (χ4v) is 2.43. The quantitative estimate of drug-likeness (QED) is 0.883. The predicted octanol–water partition coefficient (Wildman–Crippen LogP) is 1.51. The molecule has 1 aromatic carbocycles. The van der Waals surface area contributed by atoms with E-state index in [9.17, 15) is 23.5 Å². The van der Waals surface area contributed by atoms with E-state index in [0.29, 0.717) is 31.5 Å². The molecule has 21 heavy (non-hydrogen) atoms. The lowest BCUT2D eigenvalue weighted by Crippen LogP contribution is -2.40. The molecule has 1 amide bonds. The molecule has 0 bridgehead atoms. The van der Waals surface area contributed by atoms with E-state index in [4.69, 9.17) is 5.11 Å². The van der Waals surface area contributed by atoms with Crippen molar-refractivity contribution < 1.29 is 28.6 Å². The number of nitrogens with zero attached hydrogens (tertiary/aromatic N) is 1. The van der Waals surface area contributed by atoms with Crippen molar-refractivity contribution in [3.8, 4) is 0 Å². The Morgan fingerprint density at radius 3 is 2.24 bits per heavy atom. The summed E-state index contributed by atoms with van der Waals surface area (Å²) in [6.07, 6.45) is 0.777. The summed E-state index contributed by atoms with van der Waals surface area (Å²) < 4.78 is 26.4. The Hall–Kier alpha value is -2.02. The minimum atomic E-state index is -1.50. The van der Waals surface area contributed by atoms with Crippen molar-refractivity contribution in [2.45, 2.75) is 18.9 Å². The zero-order valence-electron chi connectivity index (χ0n) is 11.3. The molecule has 7 heteroatoms. The molecule has 1 aliphatic carbocycles. The van der Waals surface area contributed by atoms with E-state index < -0.39 is 29.1 Å². The highest BCUT2D eigenvalue weighted by molar-refractivity contribution is 6.04. The molecule has 0 spiro atoms. The highest BCUT2D eigenvalue weighted by Gasteiger charge is 2.30. The van der Waals surface area contributed by atoms with Crippen LogP contribution in [0.4, 0.5) is 8.78 Å². The zero-order valence-corrected chi connectivity index (χ0v) is 11.3. The number of carbonyl (C=O) groups is 2. The number of benzene rings is 1. The van der Waals surface area contributed by atoms with Gasteiger partial charge in [-0.05, 0) is 30.9 Å². The van der Waals surface area contributed by atoms with Crippen LogP contribution in [0.3, 0.4) is 0 Å². The highest BCUT2D eigenvalue weighted by atomic mass is 19.2. The van der Waals surface area contributed by atoms with Crippen LogP contribution >= 0.6 is 0 Å². The number of carboxylic acids is 1. The molecule has 2 rings (SSSR count). The number of hydrogen-bond donors (Lipinski definition) is 2. The minimum Gasteiger partial charge on any atom is -0.478 e. The lowest BCUT2D eigenvalue weighted by molar-refractivity contribution is 0.0264. The van der Waals surface area contributed by atoms with Crippen molar-refractivity contribution in [1.82, 2.24) is 4.90 Å². The van der Waals surface area contributed by atoms with Crippen LogP contribution in [0.1, 0.15) is 33.6 Å². The summed E-state index contributed by atoms with van der Waals surface area (Å²) in [5, 5.41) is 18.2. The molecule has 1 saturated carbocycles. The molecule has 1 aromatic rings. The number of aliphatic hydroxyl groups excluding tert-OH is 1. The van der Waals surface area contributed by atoms with Gasteiger partial charge in [-0.15, -0.1) is 0 Å². The Balaban J connectivity index is 2.21. The number of carbonyl (C=O) groups excluding carboxylic acids is 1. The molecule has 0 saturated heterocycles. The lowest BCUT2D eigenvalue weighted by atomic mass is 9.82. The maximum atomic E-state index is 13.3. The van der Waals surface area contributed by atoms with Gasteiger partial charge in [-0.3, -0.25) is 4.79 Å². The molecule has 2 N–H and O–H groups in total. The third-order valence-electron chi connectivity index (χ3n) is 3.61. The van der Waals surface area contributed by atoms with Crippen LogP contribution in [0.25, 0.3) is 0 Å². The molecule has 0 aromatic heterocycles. The first-order valence-corrected chi connectivity index (χ1v) is 6.45. The first kappa shape index (κ1) is 15.4. The second kappa shape index (κ2) is 5.77. The van der Waals surface area contributed by atoms with E-state index in [2.05, 4.69) is 0 Å². The van der Waals surface area contributed by atoms with Gasteiger partial charge >= 0.3 is 5.97 Å². The first-order valence-electron chi connectivity index (χ1n) is 6.45. The van der Waals surface area contributed by atoms with Crippen LogP contribution in [0.5, 0.6) is 0 Å². The number of hydrogen-bond acceptors (Lipinski definition) is 3. The largest absolute Gasteiger partial charge is 0.478 e. The van der Waals surface area contributed by atoms with Crippen LogP contribution in [0.15, 0.2) is 12.1 Å². The van der Waals surface area contributed by atoms with Gasteiger partial charge in [0.2, 0.25) is 0 Å². The molecule has 1 fully saturated rings. The van der Waals surface area contributed by atoms with Crippen LogP contribution in [0, 0.1) is 17.6 Å². The van der Waals surface area contributed by atoms with E-state index in [1.54, 1.807) is 0 Å².